The highest BCUT2D eigenvalue weighted by Crippen LogP contribution is 2.20. The maximum Gasteiger partial charge on any atom is 0.320 e. The van der Waals surface area contributed by atoms with E-state index < -0.39 is 12.0 Å². The van der Waals surface area contributed by atoms with Gasteiger partial charge in [0, 0.05) is 0 Å². The summed E-state index contributed by atoms with van der Waals surface area (Å²) in [5, 5.41) is 18.2. The minimum Gasteiger partial charge on any atom is -0.508 e. The van der Waals surface area contributed by atoms with Gasteiger partial charge in [-0.25, -0.2) is 0 Å². The average molecular weight is 237 g/mol. The summed E-state index contributed by atoms with van der Waals surface area (Å²) in [4.78, 5) is 10.7. The van der Waals surface area contributed by atoms with Crippen LogP contribution in [-0.2, 0) is 17.6 Å². The summed E-state index contributed by atoms with van der Waals surface area (Å²) in [5.41, 5.74) is 7.42. The summed E-state index contributed by atoms with van der Waals surface area (Å²) in [6.45, 7) is 2.09. The van der Waals surface area contributed by atoms with E-state index in [0.29, 0.717) is 6.42 Å². The van der Waals surface area contributed by atoms with Gasteiger partial charge in [-0.2, -0.15) is 0 Å². The number of benzene rings is 1. The number of carboxylic acids is 1. The summed E-state index contributed by atoms with van der Waals surface area (Å²) in [7, 11) is 0. The highest BCUT2D eigenvalue weighted by Gasteiger charge is 2.14. The number of phenolic OH excluding ortho intramolecular Hbond substituents is 1. The molecule has 0 fully saturated rings. The molecule has 1 aromatic carbocycles. The van der Waals surface area contributed by atoms with Gasteiger partial charge in [0.25, 0.3) is 0 Å². The van der Waals surface area contributed by atoms with E-state index in [1.807, 2.05) is 0 Å². The molecule has 0 saturated carbocycles. The van der Waals surface area contributed by atoms with Crippen LogP contribution in [0.25, 0.3) is 0 Å². The first kappa shape index (κ1) is 13.5. The largest absolute Gasteiger partial charge is 0.508 e. The third kappa shape index (κ3) is 4.07. The molecule has 0 heterocycles. The zero-order valence-corrected chi connectivity index (χ0v) is 10.0. The van der Waals surface area contributed by atoms with Crippen LogP contribution in [0.5, 0.6) is 5.75 Å². The molecule has 0 aromatic heterocycles. The molecule has 1 rings (SSSR count). The van der Waals surface area contributed by atoms with Crippen LogP contribution in [0.1, 0.15) is 30.9 Å². The molecule has 0 radical (unpaired) electrons. The van der Waals surface area contributed by atoms with Gasteiger partial charge in [-0.3, -0.25) is 4.79 Å². The number of carbonyl (C=O) groups is 1. The van der Waals surface area contributed by atoms with Crippen molar-refractivity contribution in [2.24, 2.45) is 5.73 Å². The molecule has 0 amide bonds. The molecule has 0 aliphatic heterocycles. The Hall–Kier alpha value is -1.55. The molecule has 0 aliphatic carbocycles. The van der Waals surface area contributed by atoms with Crippen molar-refractivity contribution in [2.75, 3.05) is 0 Å². The molecule has 0 unspecified atom stereocenters. The molecule has 4 heteroatoms. The molecular formula is C13H19NO3. The van der Waals surface area contributed by atoms with Crippen molar-refractivity contribution in [1.82, 2.24) is 0 Å². The van der Waals surface area contributed by atoms with Gasteiger partial charge in [0.15, 0.2) is 0 Å². The van der Waals surface area contributed by atoms with Gasteiger partial charge in [-0.05, 0) is 42.5 Å². The topological polar surface area (TPSA) is 83.5 Å². The van der Waals surface area contributed by atoms with Crippen LogP contribution in [0.2, 0.25) is 0 Å². The number of hydrogen-bond acceptors (Lipinski definition) is 3. The fourth-order valence-electron chi connectivity index (χ4n) is 1.74. The maximum absolute atomic E-state index is 10.7. The molecule has 0 spiro atoms. The first-order valence-electron chi connectivity index (χ1n) is 5.83. The van der Waals surface area contributed by atoms with Crippen LogP contribution >= 0.6 is 0 Å². The van der Waals surface area contributed by atoms with Crippen LogP contribution in [0.4, 0.5) is 0 Å². The van der Waals surface area contributed by atoms with Gasteiger partial charge in [0.1, 0.15) is 11.8 Å². The number of rotatable bonds is 6. The molecule has 17 heavy (non-hydrogen) atoms. The number of hydrogen-bond donors (Lipinski definition) is 3. The Balaban J connectivity index is 2.85. The lowest BCUT2D eigenvalue weighted by molar-refractivity contribution is -0.138. The standard InChI is InChI=1S/C13H19NO3/c1-2-3-4-9-7-11(15)6-5-10(9)8-12(14)13(16)17/h5-7,12,15H,2-4,8,14H2,1H3,(H,16,17)/t12-/m0/s1. The molecule has 0 aliphatic rings. The smallest absolute Gasteiger partial charge is 0.320 e. The summed E-state index contributed by atoms with van der Waals surface area (Å²) in [5.74, 6) is -0.789. The van der Waals surface area contributed by atoms with Crippen LogP contribution in [0.3, 0.4) is 0 Å². The van der Waals surface area contributed by atoms with E-state index in [1.165, 1.54) is 0 Å². The van der Waals surface area contributed by atoms with Crippen LogP contribution in [0.15, 0.2) is 18.2 Å². The quantitative estimate of drug-likeness (QED) is 0.703. The number of aromatic hydroxyl groups is 1. The molecule has 94 valence electrons. The van der Waals surface area contributed by atoms with E-state index in [-0.39, 0.29) is 5.75 Å². The average Bonchev–Trinajstić information content (AvgIpc) is 2.29. The fraction of sp³-hybridized carbons (Fsp3) is 0.462. The Morgan fingerprint density at radius 1 is 1.41 bits per heavy atom. The molecular weight excluding hydrogens is 218 g/mol. The monoisotopic (exact) mass is 237 g/mol. The second kappa shape index (κ2) is 6.25. The number of unbranched alkanes of at least 4 members (excludes halogenated alkanes) is 1. The second-order valence-electron chi connectivity index (χ2n) is 4.21. The van der Waals surface area contributed by atoms with Gasteiger partial charge in [-0.1, -0.05) is 19.4 Å². The van der Waals surface area contributed by atoms with Crippen molar-refractivity contribution in [3.8, 4) is 5.75 Å². The fourth-order valence-corrected chi connectivity index (χ4v) is 1.74. The van der Waals surface area contributed by atoms with Gasteiger partial charge in [0.2, 0.25) is 0 Å². The predicted molar refractivity (Wildman–Crippen MR) is 66.0 cm³/mol. The zero-order valence-electron chi connectivity index (χ0n) is 10.0. The molecule has 1 aromatic rings. The Labute approximate surface area is 101 Å². The summed E-state index contributed by atoms with van der Waals surface area (Å²) < 4.78 is 0. The van der Waals surface area contributed by atoms with Crippen molar-refractivity contribution in [3.05, 3.63) is 29.3 Å². The number of nitrogens with two attached hydrogens (primary N) is 1. The van der Waals surface area contributed by atoms with Crippen LogP contribution in [0, 0.1) is 0 Å². The molecule has 4 N–H and O–H groups in total. The molecule has 1 atom stereocenters. The first-order valence-corrected chi connectivity index (χ1v) is 5.83. The van der Waals surface area contributed by atoms with Crippen molar-refractivity contribution in [1.29, 1.82) is 0 Å². The normalized spacial score (nSPS) is 12.4. The summed E-state index contributed by atoms with van der Waals surface area (Å²) in [6.07, 6.45) is 3.21. The highest BCUT2D eigenvalue weighted by atomic mass is 16.4. The van der Waals surface area contributed by atoms with E-state index in [4.69, 9.17) is 10.8 Å². The van der Waals surface area contributed by atoms with E-state index >= 15 is 0 Å². The Kier molecular flexibility index (Phi) is 4.97. The lowest BCUT2D eigenvalue weighted by Crippen LogP contribution is -2.32. The number of carboxylic acid groups (broad SMARTS) is 1. The number of aryl methyl sites for hydroxylation is 1. The van der Waals surface area contributed by atoms with E-state index in [2.05, 4.69) is 6.92 Å². The van der Waals surface area contributed by atoms with Gasteiger partial charge >= 0.3 is 5.97 Å². The van der Waals surface area contributed by atoms with Crippen molar-refractivity contribution in [3.63, 3.8) is 0 Å². The third-order valence-corrected chi connectivity index (χ3v) is 2.75. The van der Waals surface area contributed by atoms with Gasteiger partial charge in [0.05, 0.1) is 0 Å². The van der Waals surface area contributed by atoms with Crippen LogP contribution in [-0.4, -0.2) is 22.2 Å². The summed E-state index contributed by atoms with van der Waals surface area (Å²) in [6, 6.07) is 4.13. The molecule has 0 saturated heterocycles. The lowest BCUT2D eigenvalue weighted by Gasteiger charge is -2.12. The van der Waals surface area contributed by atoms with Crippen LogP contribution < -0.4 is 5.73 Å². The number of phenols is 1. The minimum absolute atomic E-state index is 0.212. The lowest BCUT2D eigenvalue weighted by atomic mass is 9.96. The Morgan fingerprint density at radius 2 is 2.12 bits per heavy atom. The number of aliphatic carboxylic acids is 1. The Morgan fingerprint density at radius 3 is 2.71 bits per heavy atom. The maximum atomic E-state index is 10.7. The van der Waals surface area contributed by atoms with Gasteiger partial charge in [-0.15, -0.1) is 0 Å². The van der Waals surface area contributed by atoms with Crippen molar-refractivity contribution >= 4 is 5.97 Å². The zero-order chi connectivity index (χ0) is 12.8. The van der Waals surface area contributed by atoms with Crippen molar-refractivity contribution < 1.29 is 15.0 Å². The van der Waals surface area contributed by atoms with Gasteiger partial charge < -0.3 is 15.9 Å². The van der Waals surface area contributed by atoms with E-state index in [0.717, 1.165) is 30.4 Å². The molecule has 0 bridgehead atoms. The van der Waals surface area contributed by atoms with E-state index in [9.17, 15) is 9.90 Å². The predicted octanol–water partition coefficient (Wildman–Crippen LogP) is 1.69. The third-order valence-electron chi connectivity index (χ3n) is 2.75. The highest BCUT2D eigenvalue weighted by molar-refractivity contribution is 5.73. The van der Waals surface area contributed by atoms with E-state index in [1.54, 1.807) is 18.2 Å². The second-order valence-corrected chi connectivity index (χ2v) is 4.21. The first-order chi connectivity index (χ1) is 8.04. The molecule has 4 nitrogen and oxygen atoms in total. The van der Waals surface area contributed by atoms with Crippen molar-refractivity contribution in [2.45, 2.75) is 38.6 Å². The summed E-state index contributed by atoms with van der Waals surface area (Å²) >= 11 is 0. The minimum atomic E-state index is -1.00. The SMILES string of the molecule is CCCCc1cc(O)ccc1C[C@H](N)C(=O)O. The Bertz CT molecular complexity index is 390.